The average Bonchev–Trinajstić information content (AvgIpc) is 3.17. The van der Waals surface area contributed by atoms with Crippen LogP contribution in [0.3, 0.4) is 0 Å². The predicted octanol–water partition coefficient (Wildman–Crippen LogP) is 4.25. The lowest BCUT2D eigenvalue weighted by atomic mass is 10.2. The number of carbonyl (C=O) groups excluding carboxylic acids is 1. The van der Waals surface area contributed by atoms with E-state index in [2.05, 4.69) is 38.5 Å². The maximum Gasteiger partial charge on any atom is 0.317 e. The molecule has 142 valence electrons. The van der Waals surface area contributed by atoms with E-state index >= 15 is 0 Å². The molecule has 0 fully saturated rings. The van der Waals surface area contributed by atoms with E-state index in [-0.39, 0.29) is 6.03 Å². The summed E-state index contributed by atoms with van der Waals surface area (Å²) in [6.07, 6.45) is 0. The highest BCUT2D eigenvalue weighted by Crippen LogP contribution is 2.16. The van der Waals surface area contributed by atoms with E-state index in [4.69, 9.17) is 4.42 Å². The maximum atomic E-state index is 12.4. The van der Waals surface area contributed by atoms with E-state index in [0.717, 1.165) is 22.7 Å². The molecule has 3 aromatic rings. The molecule has 1 N–H and O–H groups in total. The van der Waals surface area contributed by atoms with Crippen molar-refractivity contribution in [2.24, 2.45) is 0 Å². The van der Waals surface area contributed by atoms with Crippen molar-refractivity contribution in [3.8, 4) is 0 Å². The molecule has 27 heavy (non-hydrogen) atoms. The topological polar surface area (TPSA) is 63.3 Å². The van der Waals surface area contributed by atoms with E-state index in [1.165, 1.54) is 5.56 Å². The van der Waals surface area contributed by atoms with Gasteiger partial charge in [0.05, 0.1) is 18.8 Å². The number of nitrogens with zero attached hydrogens (tertiary/aromatic N) is 3. The van der Waals surface area contributed by atoms with Crippen molar-refractivity contribution in [1.29, 1.82) is 0 Å². The third-order valence-corrected chi connectivity index (χ3v) is 4.92. The second-order valence-corrected chi connectivity index (χ2v) is 7.29. The van der Waals surface area contributed by atoms with Gasteiger partial charge in [0.15, 0.2) is 4.67 Å². The number of amides is 2. The van der Waals surface area contributed by atoms with Gasteiger partial charge < -0.3 is 14.6 Å². The molecule has 2 amide bonds. The molecule has 0 atom stereocenters. The summed E-state index contributed by atoms with van der Waals surface area (Å²) in [4.78, 5) is 14.0. The molecule has 0 spiro atoms. The molecule has 2 heterocycles. The number of nitrogens with one attached hydrogen (secondary N) is 1. The summed E-state index contributed by atoms with van der Waals surface area (Å²) < 4.78 is 8.09. The molecule has 0 saturated carbocycles. The van der Waals surface area contributed by atoms with Crippen molar-refractivity contribution in [1.82, 2.24) is 20.0 Å². The number of hydrogen-bond donors (Lipinski definition) is 1. The largest absolute Gasteiger partial charge is 0.452 e. The third kappa shape index (κ3) is 4.80. The normalized spacial score (nSPS) is 10.8. The number of aromatic nitrogens is 2. The zero-order valence-corrected chi connectivity index (χ0v) is 17.3. The summed E-state index contributed by atoms with van der Waals surface area (Å²) in [7, 11) is 1.74. The molecule has 6 nitrogen and oxygen atoms in total. The first kappa shape index (κ1) is 19.2. The molecular weight excluding hydrogens is 408 g/mol. The van der Waals surface area contributed by atoms with Crippen LogP contribution >= 0.6 is 15.9 Å². The van der Waals surface area contributed by atoms with Gasteiger partial charge in [-0.1, -0.05) is 30.3 Å². The first-order chi connectivity index (χ1) is 12.9. The van der Waals surface area contributed by atoms with Gasteiger partial charge in [-0.3, -0.25) is 4.68 Å². The van der Waals surface area contributed by atoms with Crippen LogP contribution in [0.15, 0.2) is 51.6 Å². The number of aryl methyl sites for hydroxylation is 1. The fraction of sp³-hybridized carbons (Fsp3) is 0.300. The van der Waals surface area contributed by atoms with E-state index in [1.54, 1.807) is 11.9 Å². The van der Waals surface area contributed by atoms with Crippen LogP contribution in [-0.4, -0.2) is 27.8 Å². The number of rotatable bonds is 6. The standard InChI is InChI=1S/C20H23BrN4O2/c1-14-18(15(2)25(23-14)12-16-7-5-4-6-8-16)11-22-20(26)24(3)13-17-9-10-19(21)27-17/h4-10H,11-13H2,1-3H3,(H,22,26). The monoisotopic (exact) mass is 430 g/mol. The van der Waals surface area contributed by atoms with Crippen molar-refractivity contribution in [2.75, 3.05) is 7.05 Å². The van der Waals surface area contributed by atoms with E-state index in [9.17, 15) is 4.79 Å². The molecule has 1 aromatic carbocycles. The summed E-state index contributed by atoms with van der Waals surface area (Å²) in [6.45, 7) is 5.57. The van der Waals surface area contributed by atoms with Crippen molar-refractivity contribution in [2.45, 2.75) is 33.5 Å². The Bertz CT molecular complexity index is 917. The van der Waals surface area contributed by atoms with Crippen LogP contribution in [0.1, 0.15) is 28.3 Å². The quantitative estimate of drug-likeness (QED) is 0.635. The van der Waals surface area contributed by atoms with Crippen LogP contribution < -0.4 is 5.32 Å². The Labute approximate surface area is 167 Å². The second-order valence-electron chi connectivity index (χ2n) is 6.51. The van der Waals surface area contributed by atoms with E-state index < -0.39 is 0 Å². The number of urea groups is 1. The van der Waals surface area contributed by atoms with Gasteiger partial charge in [-0.05, 0) is 47.5 Å². The lowest BCUT2D eigenvalue weighted by molar-refractivity contribution is 0.202. The summed E-state index contributed by atoms with van der Waals surface area (Å²) >= 11 is 3.27. The molecule has 2 aromatic heterocycles. The highest BCUT2D eigenvalue weighted by atomic mass is 79.9. The number of hydrogen-bond acceptors (Lipinski definition) is 3. The molecule has 0 aliphatic heterocycles. The highest BCUT2D eigenvalue weighted by molar-refractivity contribution is 9.10. The van der Waals surface area contributed by atoms with Crippen LogP contribution in [0.5, 0.6) is 0 Å². The van der Waals surface area contributed by atoms with Crippen molar-refractivity contribution < 1.29 is 9.21 Å². The maximum absolute atomic E-state index is 12.4. The van der Waals surface area contributed by atoms with E-state index in [1.807, 2.05) is 48.9 Å². The first-order valence-electron chi connectivity index (χ1n) is 8.74. The van der Waals surface area contributed by atoms with Gasteiger partial charge >= 0.3 is 6.03 Å². The molecule has 0 unspecified atom stereocenters. The Morgan fingerprint density at radius 2 is 1.96 bits per heavy atom. The minimum atomic E-state index is -0.155. The minimum Gasteiger partial charge on any atom is -0.452 e. The Balaban J connectivity index is 1.61. The number of halogens is 1. The van der Waals surface area contributed by atoms with Gasteiger partial charge in [-0.25, -0.2) is 4.79 Å². The van der Waals surface area contributed by atoms with Crippen molar-refractivity contribution in [3.63, 3.8) is 0 Å². The lowest BCUT2D eigenvalue weighted by Crippen LogP contribution is -2.36. The van der Waals surface area contributed by atoms with Crippen molar-refractivity contribution >= 4 is 22.0 Å². The fourth-order valence-electron chi connectivity index (χ4n) is 2.94. The number of carbonyl (C=O) groups is 1. The van der Waals surface area contributed by atoms with E-state index in [0.29, 0.717) is 24.3 Å². The third-order valence-electron chi connectivity index (χ3n) is 4.49. The van der Waals surface area contributed by atoms with Gasteiger partial charge in [-0.15, -0.1) is 0 Å². The summed E-state index contributed by atoms with van der Waals surface area (Å²) in [5.41, 5.74) is 4.24. The van der Waals surface area contributed by atoms with Crippen LogP contribution in [0, 0.1) is 13.8 Å². The van der Waals surface area contributed by atoms with Crippen LogP contribution in [-0.2, 0) is 19.6 Å². The highest BCUT2D eigenvalue weighted by Gasteiger charge is 2.15. The SMILES string of the molecule is Cc1nn(Cc2ccccc2)c(C)c1CNC(=O)N(C)Cc1ccc(Br)o1. The molecule has 0 aliphatic rings. The summed E-state index contributed by atoms with van der Waals surface area (Å²) in [5, 5.41) is 7.60. The predicted molar refractivity (Wildman–Crippen MR) is 107 cm³/mol. The Morgan fingerprint density at radius 1 is 1.22 bits per heavy atom. The molecule has 3 rings (SSSR count). The second kappa shape index (κ2) is 8.43. The molecule has 0 saturated heterocycles. The van der Waals surface area contributed by atoms with Gasteiger partial charge in [0, 0.05) is 24.8 Å². The van der Waals surface area contributed by atoms with Gasteiger partial charge in [0.2, 0.25) is 0 Å². The average molecular weight is 431 g/mol. The van der Waals surface area contributed by atoms with Gasteiger partial charge in [0.1, 0.15) is 5.76 Å². The zero-order chi connectivity index (χ0) is 19.4. The van der Waals surface area contributed by atoms with Crippen LogP contribution in [0.2, 0.25) is 0 Å². The fourth-order valence-corrected chi connectivity index (χ4v) is 3.28. The molecule has 0 aliphatic carbocycles. The zero-order valence-electron chi connectivity index (χ0n) is 15.7. The number of furan rings is 1. The molecule has 7 heteroatoms. The Kier molecular flexibility index (Phi) is 6.01. The summed E-state index contributed by atoms with van der Waals surface area (Å²) in [6, 6.07) is 13.7. The Hall–Kier alpha value is -2.54. The minimum absolute atomic E-state index is 0.155. The van der Waals surface area contributed by atoms with Gasteiger partial charge in [-0.2, -0.15) is 5.10 Å². The Morgan fingerprint density at radius 3 is 2.63 bits per heavy atom. The lowest BCUT2D eigenvalue weighted by Gasteiger charge is -2.16. The molecular formula is C20H23BrN4O2. The van der Waals surface area contributed by atoms with Gasteiger partial charge in [0.25, 0.3) is 0 Å². The van der Waals surface area contributed by atoms with Crippen molar-refractivity contribution in [3.05, 3.63) is 75.4 Å². The molecule has 0 bridgehead atoms. The smallest absolute Gasteiger partial charge is 0.317 e. The molecule has 0 radical (unpaired) electrons. The first-order valence-corrected chi connectivity index (χ1v) is 9.53. The number of benzene rings is 1. The van der Waals surface area contributed by atoms with Crippen LogP contribution in [0.4, 0.5) is 4.79 Å². The van der Waals surface area contributed by atoms with Crippen LogP contribution in [0.25, 0.3) is 0 Å². The summed E-state index contributed by atoms with van der Waals surface area (Å²) in [5.74, 6) is 0.725.